The maximum Gasteiger partial charge on any atom is 0.416 e. The lowest BCUT2D eigenvalue weighted by atomic mass is 9.85. The fourth-order valence-electron chi connectivity index (χ4n) is 2.50. The Morgan fingerprint density at radius 1 is 1.10 bits per heavy atom. The monoisotopic (exact) mass is 434 g/mol. The lowest BCUT2D eigenvalue weighted by molar-refractivity contribution is -0.385. The number of carbonyl (C=O) groups excluding carboxylic acids is 1. The Balaban J connectivity index is 2.46. The number of nitro groups is 1. The number of hydrogen-bond acceptors (Lipinski definition) is 6. The average Bonchev–Trinajstić information content (AvgIpc) is 2.67. The highest BCUT2D eigenvalue weighted by Crippen LogP contribution is 2.35. The number of aliphatic hydroxyl groups excluding tert-OH is 1. The van der Waals surface area contributed by atoms with E-state index in [4.69, 9.17) is 4.74 Å². The number of nitrogens with zero attached hydrogens (tertiary/aromatic N) is 2. The third-order valence-electron chi connectivity index (χ3n) is 4.10. The number of nitriles is 1. The first kappa shape index (κ1) is 23.4. The lowest BCUT2D eigenvalue weighted by Crippen LogP contribution is -2.22. The number of hydrogen-bond donors (Lipinski definition) is 1. The molecule has 1 N–H and O–H groups in total. The number of carbonyl (C=O) groups is 1. The van der Waals surface area contributed by atoms with Gasteiger partial charge in [0.2, 0.25) is 0 Å². The zero-order chi connectivity index (χ0) is 23.6. The third kappa shape index (κ3) is 5.39. The number of allylic oxidation sites excluding steroid dienone is 1. The molecule has 0 amide bonds. The molecule has 0 unspecified atom stereocenters. The highest BCUT2D eigenvalue weighted by atomic mass is 19.4. The smallest absolute Gasteiger partial charge is 0.416 e. The molecule has 0 aliphatic heterocycles. The highest BCUT2D eigenvalue weighted by Gasteiger charge is 2.31. The van der Waals surface area contributed by atoms with E-state index in [1.807, 2.05) is 0 Å². The minimum absolute atomic E-state index is 0.00423. The van der Waals surface area contributed by atoms with Crippen molar-refractivity contribution in [3.8, 4) is 17.6 Å². The summed E-state index contributed by atoms with van der Waals surface area (Å²) in [4.78, 5) is 23.0. The Morgan fingerprint density at radius 2 is 1.65 bits per heavy atom. The highest BCUT2D eigenvalue weighted by molar-refractivity contribution is 6.08. The fourth-order valence-corrected chi connectivity index (χ4v) is 2.50. The van der Waals surface area contributed by atoms with Crippen LogP contribution in [0.2, 0.25) is 0 Å². The van der Waals surface area contributed by atoms with Crippen LogP contribution in [0.5, 0.6) is 11.5 Å². The summed E-state index contributed by atoms with van der Waals surface area (Å²) < 4.78 is 43.3. The van der Waals surface area contributed by atoms with Crippen molar-refractivity contribution < 1.29 is 32.7 Å². The van der Waals surface area contributed by atoms with Crippen molar-refractivity contribution in [1.29, 1.82) is 5.26 Å². The summed E-state index contributed by atoms with van der Waals surface area (Å²) in [5.74, 6) is -1.65. The van der Waals surface area contributed by atoms with Crippen LogP contribution in [-0.2, 0) is 11.0 Å². The van der Waals surface area contributed by atoms with Gasteiger partial charge in [-0.25, -0.2) is 0 Å². The number of nitro benzene ring substituents is 1. The number of Topliss-reactive ketones (excluding diaryl/α,β-unsaturated/α-hetero) is 1. The molecule has 10 heteroatoms. The van der Waals surface area contributed by atoms with Gasteiger partial charge in [0, 0.05) is 5.41 Å². The van der Waals surface area contributed by atoms with Crippen LogP contribution in [0.4, 0.5) is 18.9 Å². The van der Waals surface area contributed by atoms with Crippen LogP contribution in [0.15, 0.2) is 48.0 Å². The van der Waals surface area contributed by atoms with Crippen molar-refractivity contribution in [3.63, 3.8) is 0 Å². The summed E-state index contributed by atoms with van der Waals surface area (Å²) in [6, 6.07) is 8.50. The van der Waals surface area contributed by atoms with Crippen molar-refractivity contribution in [2.45, 2.75) is 26.9 Å². The molecule has 31 heavy (non-hydrogen) atoms. The Morgan fingerprint density at radius 3 is 2.10 bits per heavy atom. The van der Waals surface area contributed by atoms with Gasteiger partial charge in [0.25, 0.3) is 5.69 Å². The molecule has 162 valence electrons. The molecule has 0 bridgehead atoms. The summed E-state index contributed by atoms with van der Waals surface area (Å²) >= 11 is 0. The van der Waals surface area contributed by atoms with Gasteiger partial charge in [-0.2, -0.15) is 18.4 Å². The van der Waals surface area contributed by atoms with Gasteiger partial charge in [0.1, 0.15) is 23.1 Å². The van der Waals surface area contributed by atoms with Crippen LogP contribution in [0.25, 0.3) is 5.76 Å². The van der Waals surface area contributed by atoms with Gasteiger partial charge in [0.05, 0.1) is 22.1 Å². The van der Waals surface area contributed by atoms with E-state index in [1.54, 1.807) is 6.07 Å². The minimum Gasteiger partial charge on any atom is -0.506 e. The second kappa shape index (κ2) is 8.47. The topological polar surface area (TPSA) is 113 Å². The standard InChI is InChI=1S/C21H17F3N2O5/c1-20(2,3)19(28)16(11-25)18(27)15-9-8-14(10-17(15)26(29)30)31-13-6-4-12(5-7-13)21(22,23)24/h4-10,27H,1-3H3. The first-order chi connectivity index (χ1) is 14.3. The van der Waals surface area contributed by atoms with Crippen LogP contribution in [0.3, 0.4) is 0 Å². The van der Waals surface area contributed by atoms with Gasteiger partial charge in [-0.05, 0) is 36.4 Å². The zero-order valence-electron chi connectivity index (χ0n) is 16.6. The second-order valence-electron chi connectivity index (χ2n) is 7.47. The predicted octanol–water partition coefficient (Wildman–Crippen LogP) is 5.81. The van der Waals surface area contributed by atoms with E-state index >= 15 is 0 Å². The maximum absolute atomic E-state index is 12.6. The molecule has 0 saturated carbocycles. The molecule has 0 aliphatic rings. The molecular formula is C21H17F3N2O5. The van der Waals surface area contributed by atoms with Gasteiger partial charge in [-0.1, -0.05) is 20.8 Å². The van der Waals surface area contributed by atoms with Gasteiger partial charge >= 0.3 is 6.18 Å². The van der Waals surface area contributed by atoms with E-state index in [9.17, 15) is 38.4 Å². The number of rotatable bonds is 5. The van der Waals surface area contributed by atoms with Crippen LogP contribution in [0, 0.1) is 26.9 Å². The molecule has 0 radical (unpaired) electrons. The Labute approximate surface area is 175 Å². The molecule has 0 atom stereocenters. The summed E-state index contributed by atoms with van der Waals surface area (Å²) in [7, 11) is 0. The first-order valence-corrected chi connectivity index (χ1v) is 8.77. The Kier molecular flexibility index (Phi) is 6.40. The van der Waals surface area contributed by atoms with E-state index in [0.717, 1.165) is 36.4 Å². The quantitative estimate of drug-likeness (QED) is 0.209. The second-order valence-corrected chi connectivity index (χ2v) is 7.47. The molecule has 0 aromatic heterocycles. The molecule has 0 heterocycles. The van der Waals surface area contributed by atoms with E-state index < -0.39 is 44.9 Å². The van der Waals surface area contributed by atoms with E-state index in [1.165, 1.54) is 26.8 Å². The van der Waals surface area contributed by atoms with Crippen molar-refractivity contribution in [2.24, 2.45) is 5.41 Å². The lowest BCUT2D eigenvalue weighted by Gasteiger charge is -2.16. The van der Waals surface area contributed by atoms with E-state index in [-0.39, 0.29) is 17.1 Å². The van der Waals surface area contributed by atoms with Crippen LogP contribution >= 0.6 is 0 Å². The molecule has 7 nitrogen and oxygen atoms in total. The minimum atomic E-state index is -4.52. The summed E-state index contributed by atoms with van der Waals surface area (Å²) in [6.45, 7) is 4.57. The van der Waals surface area contributed by atoms with Crippen molar-refractivity contribution in [3.05, 3.63) is 69.3 Å². The SMILES string of the molecule is CC(C)(C)C(=O)C(C#N)=C(O)c1ccc(Oc2ccc(C(F)(F)F)cc2)cc1[N+](=O)[O-]. The summed E-state index contributed by atoms with van der Waals surface area (Å²) in [5, 5.41) is 31.2. The van der Waals surface area contributed by atoms with E-state index in [2.05, 4.69) is 0 Å². The molecule has 2 aromatic carbocycles. The molecule has 0 saturated heterocycles. The molecule has 2 aromatic rings. The van der Waals surface area contributed by atoms with Crippen LogP contribution in [0.1, 0.15) is 31.9 Å². The summed E-state index contributed by atoms with van der Waals surface area (Å²) in [5.41, 5.74) is -3.56. The van der Waals surface area contributed by atoms with Crippen LogP contribution in [-0.4, -0.2) is 15.8 Å². The molecule has 0 spiro atoms. The predicted molar refractivity (Wildman–Crippen MR) is 104 cm³/mol. The van der Waals surface area contributed by atoms with Gasteiger partial charge in [-0.3, -0.25) is 14.9 Å². The first-order valence-electron chi connectivity index (χ1n) is 8.77. The number of ether oxygens (including phenoxy) is 1. The van der Waals surface area contributed by atoms with Crippen molar-refractivity contribution >= 4 is 17.2 Å². The van der Waals surface area contributed by atoms with E-state index in [0.29, 0.717) is 0 Å². The maximum atomic E-state index is 12.6. The van der Waals surface area contributed by atoms with Crippen LogP contribution < -0.4 is 4.74 Å². The van der Waals surface area contributed by atoms with Crippen molar-refractivity contribution in [2.75, 3.05) is 0 Å². The Hall–Kier alpha value is -3.87. The number of ketones is 1. The zero-order valence-corrected chi connectivity index (χ0v) is 16.6. The number of halogens is 3. The number of alkyl halides is 3. The van der Waals surface area contributed by atoms with Gasteiger partial charge in [-0.15, -0.1) is 0 Å². The van der Waals surface area contributed by atoms with Crippen molar-refractivity contribution in [1.82, 2.24) is 0 Å². The molecule has 0 fully saturated rings. The molecule has 0 aliphatic carbocycles. The number of aliphatic hydroxyl groups is 1. The number of benzene rings is 2. The fraction of sp³-hybridized carbons (Fsp3) is 0.238. The molecular weight excluding hydrogens is 417 g/mol. The average molecular weight is 434 g/mol. The Bertz CT molecular complexity index is 1090. The molecule has 2 rings (SSSR count). The normalized spacial score (nSPS) is 12.5. The van der Waals surface area contributed by atoms with Gasteiger partial charge in [0.15, 0.2) is 11.5 Å². The summed E-state index contributed by atoms with van der Waals surface area (Å²) in [6.07, 6.45) is -4.52. The van der Waals surface area contributed by atoms with Gasteiger partial charge < -0.3 is 9.84 Å². The largest absolute Gasteiger partial charge is 0.506 e. The third-order valence-corrected chi connectivity index (χ3v) is 4.10.